The van der Waals surface area contributed by atoms with E-state index < -0.39 is 0 Å². The van der Waals surface area contributed by atoms with Crippen molar-refractivity contribution in [1.29, 1.82) is 0 Å². The predicted molar refractivity (Wildman–Crippen MR) is 84.7 cm³/mol. The molecule has 1 aromatic carbocycles. The van der Waals surface area contributed by atoms with Gasteiger partial charge in [0.25, 0.3) is 0 Å². The van der Waals surface area contributed by atoms with Crippen LogP contribution in [0.3, 0.4) is 0 Å². The van der Waals surface area contributed by atoms with Crippen molar-refractivity contribution in [3.05, 3.63) is 35.4 Å². The molecule has 0 spiro atoms. The third kappa shape index (κ3) is 2.98. The fourth-order valence-corrected chi connectivity index (χ4v) is 3.23. The Balaban J connectivity index is 1.84. The standard InChI is InChI=1S/C18H26N2O/c1-12(2)16-18(21)20(11-10-14-8-9-14)17(19-16)15-7-5-4-6-13(15)3/h4-7,12,14,16-17,19H,8-11H2,1-3H3. The molecule has 0 radical (unpaired) electrons. The minimum Gasteiger partial charge on any atom is -0.322 e. The summed E-state index contributed by atoms with van der Waals surface area (Å²) in [5.41, 5.74) is 2.49. The fourth-order valence-electron chi connectivity index (χ4n) is 3.23. The van der Waals surface area contributed by atoms with Crippen LogP contribution in [0.4, 0.5) is 0 Å². The minimum absolute atomic E-state index is 0.0462. The molecule has 2 fully saturated rings. The molecular weight excluding hydrogens is 260 g/mol. The summed E-state index contributed by atoms with van der Waals surface area (Å²) < 4.78 is 0. The van der Waals surface area contributed by atoms with E-state index in [0.29, 0.717) is 5.92 Å². The molecule has 1 heterocycles. The Bertz CT molecular complexity index is 522. The van der Waals surface area contributed by atoms with E-state index in [-0.39, 0.29) is 18.1 Å². The van der Waals surface area contributed by atoms with Crippen LogP contribution in [0, 0.1) is 18.8 Å². The van der Waals surface area contributed by atoms with E-state index >= 15 is 0 Å². The van der Waals surface area contributed by atoms with Crippen molar-refractivity contribution in [1.82, 2.24) is 10.2 Å². The lowest BCUT2D eigenvalue weighted by Crippen LogP contribution is -2.35. The van der Waals surface area contributed by atoms with Gasteiger partial charge in [0.2, 0.25) is 5.91 Å². The molecular formula is C18H26N2O. The van der Waals surface area contributed by atoms with Gasteiger partial charge < -0.3 is 4.90 Å². The Hall–Kier alpha value is -1.35. The number of amides is 1. The lowest BCUT2D eigenvalue weighted by atomic mass is 10.0. The van der Waals surface area contributed by atoms with E-state index in [1.165, 1.54) is 24.0 Å². The summed E-state index contributed by atoms with van der Waals surface area (Å²) in [5, 5.41) is 3.57. The molecule has 2 aliphatic rings. The number of aryl methyl sites for hydroxylation is 1. The maximum atomic E-state index is 12.7. The first-order valence-corrected chi connectivity index (χ1v) is 8.20. The van der Waals surface area contributed by atoms with Gasteiger partial charge in [0, 0.05) is 6.54 Å². The van der Waals surface area contributed by atoms with E-state index in [1.54, 1.807) is 0 Å². The van der Waals surface area contributed by atoms with Gasteiger partial charge in [-0.05, 0) is 36.3 Å². The van der Waals surface area contributed by atoms with Crippen molar-refractivity contribution in [3.63, 3.8) is 0 Å². The van der Waals surface area contributed by atoms with Gasteiger partial charge in [-0.15, -0.1) is 0 Å². The third-order valence-electron chi connectivity index (χ3n) is 4.82. The summed E-state index contributed by atoms with van der Waals surface area (Å²) >= 11 is 0. The molecule has 3 rings (SSSR count). The number of nitrogens with one attached hydrogen (secondary N) is 1. The van der Waals surface area contributed by atoms with E-state index in [2.05, 4.69) is 55.3 Å². The predicted octanol–water partition coefficient (Wildman–Crippen LogP) is 3.25. The average molecular weight is 286 g/mol. The van der Waals surface area contributed by atoms with Crippen molar-refractivity contribution in [2.24, 2.45) is 11.8 Å². The number of hydrogen-bond donors (Lipinski definition) is 1. The van der Waals surface area contributed by atoms with Crippen LogP contribution in [-0.2, 0) is 4.79 Å². The molecule has 3 heteroatoms. The van der Waals surface area contributed by atoms with Crippen molar-refractivity contribution >= 4 is 5.91 Å². The van der Waals surface area contributed by atoms with E-state index in [4.69, 9.17) is 0 Å². The van der Waals surface area contributed by atoms with E-state index in [9.17, 15) is 4.79 Å². The van der Waals surface area contributed by atoms with Crippen LogP contribution < -0.4 is 5.32 Å². The summed E-state index contributed by atoms with van der Waals surface area (Å²) in [6.45, 7) is 7.26. The zero-order valence-corrected chi connectivity index (χ0v) is 13.3. The van der Waals surface area contributed by atoms with Gasteiger partial charge in [-0.2, -0.15) is 0 Å². The number of rotatable bonds is 5. The van der Waals surface area contributed by atoms with Gasteiger partial charge in [0.05, 0.1) is 6.04 Å². The van der Waals surface area contributed by atoms with Gasteiger partial charge in [-0.25, -0.2) is 0 Å². The van der Waals surface area contributed by atoms with Gasteiger partial charge >= 0.3 is 0 Å². The zero-order valence-electron chi connectivity index (χ0n) is 13.3. The quantitative estimate of drug-likeness (QED) is 0.901. The average Bonchev–Trinajstić information content (AvgIpc) is 3.21. The van der Waals surface area contributed by atoms with Crippen LogP contribution in [0.2, 0.25) is 0 Å². The second-order valence-corrected chi connectivity index (χ2v) is 6.91. The molecule has 1 aliphatic heterocycles. The van der Waals surface area contributed by atoms with E-state index in [1.807, 2.05) is 0 Å². The highest BCUT2D eigenvalue weighted by Gasteiger charge is 2.41. The highest BCUT2D eigenvalue weighted by molar-refractivity contribution is 5.85. The number of hydrogen-bond acceptors (Lipinski definition) is 2. The van der Waals surface area contributed by atoms with Crippen molar-refractivity contribution in [2.75, 3.05) is 6.54 Å². The highest BCUT2D eigenvalue weighted by Crippen LogP contribution is 2.35. The molecule has 1 aliphatic carbocycles. The maximum Gasteiger partial charge on any atom is 0.241 e. The molecule has 1 N–H and O–H groups in total. The summed E-state index contributed by atoms with van der Waals surface area (Å²) in [6, 6.07) is 8.35. The molecule has 2 atom stereocenters. The summed E-state index contributed by atoms with van der Waals surface area (Å²) in [6.07, 6.45) is 3.89. The largest absolute Gasteiger partial charge is 0.322 e. The topological polar surface area (TPSA) is 32.3 Å². The molecule has 3 nitrogen and oxygen atoms in total. The summed E-state index contributed by atoms with van der Waals surface area (Å²) in [5.74, 6) is 1.46. The van der Waals surface area contributed by atoms with Crippen LogP contribution in [0.25, 0.3) is 0 Å². The monoisotopic (exact) mass is 286 g/mol. The number of nitrogens with zero attached hydrogens (tertiary/aromatic N) is 1. The normalized spacial score (nSPS) is 25.9. The van der Waals surface area contributed by atoms with Crippen LogP contribution in [0.1, 0.15) is 50.4 Å². The second-order valence-electron chi connectivity index (χ2n) is 6.91. The molecule has 1 saturated heterocycles. The number of carbonyl (C=O) groups excluding carboxylic acids is 1. The molecule has 21 heavy (non-hydrogen) atoms. The van der Waals surface area contributed by atoms with Crippen LogP contribution in [0.5, 0.6) is 0 Å². The first-order chi connectivity index (χ1) is 10.1. The number of benzene rings is 1. The Labute approximate surface area is 127 Å². The Kier molecular flexibility index (Phi) is 4.03. The zero-order chi connectivity index (χ0) is 15.0. The molecule has 1 aromatic rings. The molecule has 0 aromatic heterocycles. The Morgan fingerprint density at radius 2 is 2.00 bits per heavy atom. The SMILES string of the molecule is Cc1ccccc1C1NC(C(C)C)C(=O)N1CCC1CC1. The van der Waals surface area contributed by atoms with Crippen LogP contribution in [-0.4, -0.2) is 23.4 Å². The van der Waals surface area contributed by atoms with Crippen LogP contribution in [0.15, 0.2) is 24.3 Å². The van der Waals surface area contributed by atoms with Gasteiger partial charge in [0.15, 0.2) is 0 Å². The Morgan fingerprint density at radius 1 is 1.29 bits per heavy atom. The summed E-state index contributed by atoms with van der Waals surface area (Å²) in [7, 11) is 0. The van der Waals surface area contributed by atoms with Crippen LogP contribution >= 0.6 is 0 Å². The van der Waals surface area contributed by atoms with Crippen molar-refractivity contribution in [3.8, 4) is 0 Å². The molecule has 2 unspecified atom stereocenters. The minimum atomic E-state index is -0.0474. The first-order valence-electron chi connectivity index (χ1n) is 8.20. The molecule has 1 amide bonds. The molecule has 0 bridgehead atoms. The van der Waals surface area contributed by atoms with Crippen molar-refractivity contribution < 1.29 is 4.79 Å². The number of carbonyl (C=O) groups is 1. The second kappa shape index (κ2) is 5.80. The molecule has 1 saturated carbocycles. The van der Waals surface area contributed by atoms with E-state index in [0.717, 1.165) is 18.9 Å². The van der Waals surface area contributed by atoms with Gasteiger partial charge in [-0.3, -0.25) is 10.1 Å². The molecule has 114 valence electrons. The third-order valence-corrected chi connectivity index (χ3v) is 4.82. The highest BCUT2D eigenvalue weighted by atomic mass is 16.2. The fraction of sp³-hybridized carbons (Fsp3) is 0.611. The first kappa shape index (κ1) is 14.6. The summed E-state index contributed by atoms with van der Waals surface area (Å²) in [4.78, 5) is 14.8. The Morgan fingerprint density at radius 3 is 2.62 bits per heavy atom. The lowest BCUT2D eigenvalue weighted by molar-refractivity contribution is -0.130. The lowest BCUT2D eigenvalue weighted by Gasteiger charge is -2.25. The maximum absolute atomic E-state index is 12.7. The van der Waals surface area contributed by atoms with Crippen molar-refractivity contribution in [2.45, 2.75) is 52.2 Å². The smallest absolute Gasteiger partial charge is 0.241 e. The van der Waals surface area contributed by atoms with Gasteiger partial charge in [0.1, 0.15) is 6.17 Å². The van der Waals surface area contributed by atoms with Gasteiger partial charge in [-0.1, -0.05) is 51.0 Å².